The highest BCUT2D eigenvalue weighted by molar-refractivity contribution is 7.18. The van der Waals surface area contributed by atoms with Crippen LogP contribution in [0.2, 0.25) is 0 Å². The van der Waals surface area contributed by atoms with Crippen LogP contribution in [0.3, 0.4) is 0 Å². The maximum atomic E-state index is 14.3. The molecule has 0 bridgehead atoms. The SMILES string of the molecule is N#Cc1c(C(F)(F)F)cc(-c2ccc(-c3ccccn3)s2)n(Cc2ccc(F)cc2F)c1=O. The van der Waals surface area contributed by atoms with Crippen molar-refractivity contribution in [1.82, 2.24) is 9.55 Å². The zero-order valence-electron chi connectivity index (χ0n) is 16.5. The number of hydrogen-bond donors (Lipinski definition) is 0. The highest BCUT2D eigenvalue weighted by atomic mass is 32.1. The summed E-state index contributed by atoms with van der Waals surface area (Å²) < 4.78 is 69.4. The Balaban J connectivity index is 1.94. The number of benzene rings is 1. The van der Waals surface area contributed by atoms with E-state index in [1.165, 1.54) is 12.1 Å². The molecule has 0 aliphatic rings. The normalized spacial score (nSPS) is 11.4. The van der Waals surface area contributed by atoms with Gasteiger partial charge in [-0.2, -0.15) is 18.4 Å². The van der Waals surface area contributed by atoms with E-state index in [0.717, 1.165) is 28.0 Å². The monoisotopic (exact) mass is 473 g/mol. The van der Waals surface area contributed by atoms with Crippen LogP contribution in [0.25, 0.3) is 21.1 Å². The number of halogens is 5. The lowest BCUT2D eigenvalue weighted by Gasteiger charge is -2.17. The first-order valence-corrected chi connectivity index (χ1v) is 10.2. The third-order valence-corrected chi connectivity index (χ3v) is 5.97. The lowest BCUT2D eigenvalue weighted by atomic mass is 10.1. The molecule has 0 saturated carbocycles. The van der Waals surface area contributed by atoms with E-state index in [0.29, 0.717) is 22.7 Å². The first-order chi connectivity index (χ1) is 15.7. The van der Waals surface area contributed by atoms with Crippen molar-refractivity contribution in [2.45, 2.75) is 12.7 Å². The molecule has 0 unspecified atom stereocenters. The van der Waals surface area contributed by atoms with Gasteiger partial charge in [0.1, 0.15) is 23.3 Å². The third kappa shape index (κ3) is 4.40. The average molecular weight is 473 g/mol. The molecule has 0 fully saturated rings. The number of alkyl halides is 3. The molecule has 4 nitrogen and oxygen atoms in total. The Kier molecular flexibility index (Phi) is 5.82. The van der Waals surface area contributed by atoms with Crippen molar-refractivity contribution >= 4 is 11.3 Å². The summed E-state index contributed by atoms with van der Waals surface area (Å²) >= 11 is 1.09. The van der Waals surface area contributed by atoms with Crippen LogP contribution >= 0.6 is 11.3 Å². The number of thiophene rings is 1. The van der Waals surface area contributed by atoms with E-state index < -0.39 is 41.0 Å². The van der Waals surface area contributed by atoms with Gasteiger partial charge in [0.05, 0.1) is 33.3 Å². The number of pyridine rings is 2. The number of hydrogen-bond acceptors (Lipinski definition) is 4. The molecule has 0 aliphatic heterocycles. The summed E-state index contributed by atoms with van der Waals surface area (Å²) in [6, 6.07) is 13.0. The topological polar surface area (TPSA) is 58.7 Å². The standard InChI is InChI=1S/C23H12F5N3OS/c24-14-5-4-13(17(25)9-14)12-31-19(10-16(23(26,27)28)15(11-29)22(31)32)21-7-6-20(33-21)18-3-1-2-8-30-18/h1-10H,12H2. The summed E-state index contributed by atoms with van der Waals surface area (Å²) in [4.78, 5) is 18.1. The molecule has 0 aliphatic carbocycles. The van der Waals surface area contributed by atoms with Crippen molar-refractivity contribution in [3.05, 3.63) is 99.5 Å². The minimum Gasteiger partial charge on any atom is -0.302 e. The Hall–Kier alpha value is -3.84. The molecule has 3 heterocycles. The summed E-state index contributed by atoms with van der Waals surface area (Å²) in [6.45, 7) is -0.496. The highest BCUT2D eigenvalue weighted by Gasteiger charge is 2.36. The summed E-state index contributed by atoms with van der Waals surface area (Å²) in [5.74, 6) is -1.81. The van der Waals surface area contributed by atoms with Crippen molar-refractivity contribution in [2.75, 3.05) is 0 Å². The number of nitriles is 1. The predicted molar refractivity (Wildman–Crippen MR) is 112 cm³/mol. The Morgan fingerprint density at radius 1 is 1.03 bits per heavy atom. The molecule has 0 radical (unpaired) electrons. The fourth-order valence-electron chi connectivity index (χ4n) is 3.28. The predicted octanol–water partition coefficient (Wildman–Crippen LogP) is 5.86. The molecule has 0 N–H and O–H groups in total. The molecule has 3 aromatic heterocycles. The van der Waals surface area contributed by atoms with E-state index in [9.17, 15) is 32.0 Å². The van der Waals surface area contributed by atoms with Crippen molar-refractivity contribution in [3.63, 3.8) is 0 Å². The summed E-state index contributed by atoms with van der Waals surface area (Å²) in [5, 5.41) is 9.27. The molecule has 0 saturated heterocycles. The zero-order chi connectivity index (χ0) is 23.8. The molecule has 10 heteroatoms. The van der Waals surface area contributed by atoms with Crippen LogP contribution in [-0.2, 0) is 12.7 Å². The lowest BCUT2D eigenvalue weighted by molar-refractivity contribution is -0.137. The van der Waals surface area contributed by atoms with Crippen molar-refractivity contribution in [3.8, 4) is 27.2 Å². The van der Waals surface area contributed by atoms with Crippen molar-refractivity contribution < 1.29 is 22.0 Å². The van der Waals surface area contributed by atoms with Gasteiger partial charge in [0.2, 0.25) is 0 Å². The Labute approximate surface area is 187 Å². The van der Waals surface area contributed by atoms with Gasteiger partial charge in [0.25, 0.3) is 5.56 Å². The van der Waals surface area contributed by atoms with E-state index >= 15 is 0 Å². The molecule has 4 rings (SSSR count). The second kappa shape index (κ2) is 8.60. The van der Waals surface area contributed by atoms with Gasteiger partial charge in [-0.25, -0.2) is 8.78 Å². The highest BCUT2D eigenvalue weighted by Crippen LogP contribution is 2.37. The van der Waals surface area contributed by atoms with Gasteiger partial charge < -0.3 is 4.57 Å². The van der Waals surface area contributed by atoms with Crippen molar-refractivity contribution in [1.29, 1.82) is 5.26 Å². The van der Waals surface area contributed by atoms with E-state index in [2.05, 4.69) is 4.98 Å². The number of rotatable bonds is 4. The van der Waals surface area contributed by atoms with Gasteiger partial charge in [0.15, 0.2) is 0 Å². The molecule has 1 aromatic carbocycles. The molecule has 0 amide bonds. The Morgan fingerprint density at radius 2 is 1.79 bits per heavy atom. The maximum absolute atomic E-state index is 14.3. The average Bonchev–Trinajstić information content (AvgIpc) is 3.26. The van der Waals surface area contributed by atoms with Crippen molar-refractivity contribution in [2.24, 2.45) is 0 Å². The lowest BCUT2D eigenvalue weighted by Crippen LogP contribution is -2.28. The van der Waals surface area contributed by atoms with Crippen LogP contribution in [0.1, 0.15) is 16.7 Å². The Bertz CT molecular complexity index is 1440. The fraction of sp³-hybridized carbons (Fsp3) is 0.0870. The summed E-state index contributed by atoms with van der Waals surface area (Å²) in [7, 11) is 0. The van der Waals surface area contributed by atoms with E-state index in [4.69, 9.17) is 0 Å². The van der Waals surface area contributed by atoms with Crippen LogP contribution in [0.4, 0.5) is 22.0 Å². The second-order valence-corrected chi connectivity index (χ2v) is 8.02. The summed E-state index contributed by atoms with van der Waals surface area (Å²) in [6.07, 6.45) is -3.40. The quantitative estimate of drug-likeness (QED) is 0.349. The first-order valence-electron chi connectivity index (χ1n) is 9.39. The third-order valence-electron chi connectivity index (χ3n) is 4.84. The van der Waals surface area contributed by atoms with Gasteiger partial charge in [-0.3, -0.25) is 9.78 Å². The molecule has 33 heavy (non-hydrogen) atoms. The second-order valence-electron chi connectivity index (χ2n) is 6.93. The molecular weight excluding hydrogens is 461 g/mol. The fourth-order valence-corrected chi connectivity index (χ4v) is 4.29. The van der Waals surface area contributed by atoms with Gasteiger partial charge >= 0.3 is 6.18 Å². The van der Waals surface area contributed by atoms with Gasteiger partial charge in [-0.1, -0.05) is 12.1 Å². The van der Waals surface area contributed by atoms with Gasteiger partial charge in [0, 0.05) is 17.8 Å². The largest absolute Gasteiger partial charge is 0.417 e. The minimum absolute atomic E-state index is 0.120. The molecule has 4 aromatic rings. The van der Waals surface area contributed by atoms with Crippen LogP contribution in [-0.4, -0.2) is 9.55 Å². The van der Waals surface area contributed by atoms with Crippen LogP contribution in [0, 0.1) is 23.0 Å². The van der Waals surface area contributed by atoms with Crippen LogP contribution < -0.4 is 5.56 Å². The van der Waals surface area contributed by atoms with Gasteiger partial charge in [-0.15, -0.1) is 11.3 Å². The number of aromatic nitrogens is 2. The van der Waals surface area contributed by atoms with E-state index in [1.807, 2.05) is 0 Å². The molecular formula is C23H12F5N3OS. The molecule has 0 atom stereocenters. The maximum Gasteiger partial charge on any atom is 0.417 e. The molecule has 0 spiro atoms. The smallest absolute Gasteiger partial charge is 0.302 e. The van der Waals surface area contributed by atoms with E-state index in [-0.39, 0.29) is 16.1 Å². The van der Waals surface area contributed by atoms with Gasteiger partial charge in [-0.05, 0) is 36.4 Å². The van der Waals surface area contributed by atoms with Crippen LogP contribution in [0.15, 0.2) is 65.6 Å². The number of nitrogens with zero attached hydrogens (tertiary/aromatic N) is 3. The van der Waals surface area contributed by atoms with E-state index in [1.54, 1.807) is 30.5 Å². The summed E-state index contributed by atoms with van der Waals surface area (Å²) in [5.41, 5.74) is -3.40. The minimum atomic E-state index is -4.96. The Morgan fingerprint density at radius 3 is 2.42 bits per heavy atom. The molecule has 166 valence electrons. The van der Waals surface area contributed by atoms with Crippen LogP contribution in [0.5, 0.6) is 0 Å². The first kappa shape index (κ1) is 22.4. The zero-order valence-corrected chi connectivity index (χ0v) is 17.3.